The van der Waals surface area contributed by atoms with Crippen molar-refractivity contribution in [3.05, 3.63) is 23.8 Å². The first-order chi connectivity index (χ1) is 9.37. The van der Waals surface area contributed by atoms with Crippen molar-refractivity contribution in [2.45, 2.75) is 51.0 Å². The number of rotatable bonds is 4. The van der Waals surface area contributed by atoms with Gasteiger partial charge in [-0.3, -0.25) is 0 Å². The number of nitrogen functional groups attached to an aromatic ring is 1. The highest BCUT2D eigenvalue weighted by molar-refractivity contribution is 7.89. The zero-order chi connectivity index (χ0) is 14.9. The summed E-state index contributed by atoms with van der Waals surface area (Å²) in [7, 11) is -3.44. The first-order valence-electron chi connectivity index (χ1n) is 7.28. The Bertz CT molecular complexity index is 582. The number of nitrogens with two attached hydrogens (primary N) is 1. The van der Waals surface area contributed by atoms with E-state index in [1.165, 1.54) is 0 Å². The highest BCUT2D eigenvalue weighted by Crippen LogP contribution is 2.32. The number of sulfonamides is 1. The van der Waals surface area contributed by atoms with E-state index in [0.29, 0.717) is 29.5 Å². The van der Waals surface area contributed by atoms with Crippen molar-refractivity contribution in [3.63, 3.8) is 0 Å². The minimum atomic E-state index is -3.44. The molecule has 0 spiro atoms. The third-order valence-corrected chi connectivity index (χ3v) is 6.08. The largest absolute Gasteiger partial charge is 0.399 e. The fourth-order valence-corrected chi connectivity index (χ4v) is 5.12. The average Bonchev–Trinajstić information content (AvgIpc) is 2.88. The molecule has 1 aromatic carbocycles. The Morgan fingerprint density at radius 1 is 1.40 bits per heavy atom. The Morgan fingerprint density at radius 3 is 2.70 bits per heavy atom. The Balaban J connectivity index is 2.47. The van der Waals surface area contributed by atoms with Gasteiger partial charge in [0.1, 0.15) is 0 Å². The molecule has 2 rings (SSSR count). The lowest BCUT2D eigenvalue weighted by atomic mass is 10.0. The Kier molecular flexibility index (Phi) is 4.39. The van der Waals surface area contributed by atoms with Gasteiger partial charge in [-0.25, -0.2) is 8.42 Å². The van der Waals surface area contributed by atoms with E-state index in [1.807, 2.05) is 13.0 Å². The van der Waals surface area contributed by atoms with E-state index in [0.717, 1.165) is 18.4 Å². The van der Waals surface area contributed by atoms with E-state index >= 15 is 0 Å². The molecule has 1 unspecified atom stereocenters. The standard InChI is InChI=1S/C15H24N2O2S/c1-4-12-7-8-13(16)10-15(12)20(18,19)17-9-5-6-14(17)11(2)3/h7-8,10-11,14H,4-6,9,16H2,1-3H3. The summed E-state index contributed by atoms with van der Waals surface area (Å²) >= 11 is 0. The van der Waals surface area contributed by atoms with E-state index in [2.05, 4.69) is 13.8 Å². The summed E-state index contributed by atoms with van der Waals surface area (Å²) in [5, 5.41) is 0. The molecule has 1 saturated heterocycles. The molecular weight excluding hydrogens is 272 g/mol. The summed E-state index contributed by atoms with van der Waals surface area (Å²) in [5.74, 6) is 0.332. The molecule has 2 N–H and O–H groups in total. The van der Waals surface area contributed by atoms with Crippen LogP contribution in [0.4, 0.5) is 5.69 Å². The van der Waals surface area contributed by atoms with Crippen LogP contribution in [0.25, 0.3) is 0 Å². The summed E-state index contributed by atoms with van der Waals surface area (Å²) in [6, 6.07) is 5.29. The van der Waals surface area contributed by atoms with Crippen molar-refractivity contribution in [2.24, 2.45) is 5.92 Å². The first-order valence-corrected chi connectivity index (χ1v) is 8.72. The number of nitrogens with zero attached hydrogens (tertiary/aromatic N) is 1. The predicted molar refractivity (Wildman–Crippen MR) is 82.0 cm³/mol. The zero-order valence-electron chi connectivity index (χ0n) is 12.5. The Morgan fingerprint density at radius 2 is 2.10 bits per heavy atom. The van der Waals surface area contributed by atoms with Gasteiger partial charge < -0.3 is 5.73 Å². The number of aryl methyl sites for hydroxylation is 1. The highest BCUT2D eigenvalue weighted by Gasteiger charge is 2.37. The van der Waals surface area contributed by atoms with Gasteiger partial charge in [0, 0.05) is 18.3 Å². The van der Waals surface area contributed by atoms with Gasteiger partial charge in [-0.1, -0.05) is 26.8 Å². The van der Waals surface area contributed by atoms with Crippen molar-refractivity contribution in [1.29, 1.82) is 0 Å². The molecular formula is C15H24N2O2S. The van der Waals surface area contributed by atoms with Crippen LogP contribution < -0.4 is 5.73 Å². The minimum absolute atomic E-state index is 0.103. The molecule has 5 heteroatoms. The quantitative estimate of drug-likeness (QED) is 0.869. The van der Waals surface area contributed by atoms with Crippen LogP contribution in [0.5, 0.6) is 0 Å². The van der Waals surface area contributed by atoms with E-state index in [4.69, 9.17) is 5.73 Å². The molecule has 1 aliphatic heterocycles. The van der Waals surface area contributed by atoms with Gasteiger partial charge in [-0.15, -0.1) is 0 Å². The van der Waals surface area contributed by atoms with Crippen LogP contribution in [0.1, 0.15) is 39.2 Å². The van der Waals surface area contributed by atoms with Gasteiger partial charge in [0.2, 0.25) is 10.0 Å². The second kappa shape index (κ2) is 5.74. The molecule has 0 aromatic heterocycles. The van der Waals surface area contributed by atoms with Gasteiger partial charge in [0.05, 0.1) is 4.90 Å². The van der Waals surface area contributed by atoms with E-state index < -0.39 is 10.0 Å². The molecule has 1 atom stereocenters. The molecule has 1 heterocycles. The van der Waals surface area contributed by atoms with Crippen LogP contribution in [0.2, 0.25) is 0 Å². The number of hydrogen-bond acceptors (Lipinski definition) is 3. The molecule has 0 radical (unpaired) electrons. The second-order valence-corrected chi connectivity index (χ2v) is 7.65. The SMILES string of the molecule is CCc1ccc(N)cc1S(=O)(=O)N1CCCC1C(C)C. The maximum absolute atomic E-state index is 13.0. The van der Waals surface area contributed by atoms with Crippen LogP contribution in [-0.2, 0) is 16.4 Å². The summed E-state index contributed by atoms with van der Waals surface area (Å²) < 4.78 is 27.6. The number of anilines is 1. The number of hydrogen-bond donors (Lipinski definition) is 1. The van der Waals surface area contributed by atoms with Gasteiger partial charge >= 0.3 is 0 Å². The maximum atomic E-state index is 13.0. The summed E-state index contributed by atoms with van der Waals surface area (Å²) in [4.78, 5) is 0.382. The first kappa shape index (κ1) is 15.3. The molecule has 0 amide bonds. The Hall–Kier alpha value is -1.07. The fraction of sp³-hybridized carbons (Fsp3) is 0.600. The molecule has 20 heavy (non-hydrogen) atoms. The lowest BCUT2D eigenvalue weighted by molar-refractivity contribution is 0.315. The summed E-state index contributed by atoms with van der Waals surface area (Å²) in [6.07, 6.45) is 2.57. The lowest BCUT2D eigenvalue weighted by Gasteiger charge is -2.27. The van der Waals surface area contributed by atoms with E-state index in [1.54, 1.807) is 16.4 Å². The second-order valence-electron chi connectivity index (χ2n) is 5.79. The van der Waals surface area contributed by atoms with Crippen LogP contribution in [0, 0.1) is 5.92 Å². The molecule has 1 fully saturated rings. The third kappa shape index (κ3) is 2.69. The van der Waals surface area contributed by atoms with Crippen molar-refractivity contribution in [3.8, 4) is 0 Å². The van der Waals surface area contributed by atoms with Crippen molar-refractivity contribution in [2.75, 3.05) is 12.3 Å². The molecule has 4 nitrogen and oxygen atoms in total. The summed E-state index contributed by atoms with van der Waals surface area (Å²) in [5.41, 5.74) is 7.13. The Labute approximate surface area is 122 Å². The minimum Gasteiger partial charge on any atom is -0.399 e. The molecule has 0 saturated carbocycles. The molecule has 112 valence electrons. The molecule has 0 aliphatic carbocycles. The third-order valence-electron chi connectivity index (χ3n) is 4.08. The molecule has 1 aliphatic rings. The smallest absolute Gasteiger partial charge is 0.243 e. The van der Waals surface area contributed by atoms with Gasteiger partial charge in [-0.2, -0.15) is 4.31 Å². The van der Waals surface area contributed by atoms with Crippen LogP contribution in [0.3, 0.4) is 0 Å². The van der Waals surface area contributed by atoms with Crippen LogP contribution in [-0.4, -0.2) is 25.3 Å². The van der Waals surface area contributed by atoms with Gasteiger partial charge in [0.15, 0.2) is 0 Å². The molecule has 1 aromatic rings. The van der Waals surface area contributed by atoms with E-state index in [9.17, 15) is 8.42 Å². The van der Waals surface area contributed by atoms with Crippen LogP contribution >= 0.6 is 0 Å². The molecule has 0 bridgehead atoms. The topological polar surface area (TPSA) is 63.4 Å². The average molecular weight is 296 g/mol. The van der Waals surface area contributed by atoms with Gasteiger partial charge in [-0.05, 0) is 42.9 Å². The lowest BCUT2D eigenvalue weighted by Crippen LogP contribution is -2.38. The normalized spacial score (nSPS) is 20.7. The highest BCUT2D eigenvalue weighted by atomic mass is 32.2. The van der Waals surface area contributed by atoms with Crippen molar-refractivity contribution in [1.82, 2.24) is 4.31 Å². The van der Waals surface area contributed by atoms with Gasteiger partial charge in [0.25, 0.3) is 0 Å². The summed E-state index contributed by atoms with van der Waals surface area (Å²) in [6.45, 7) is 6.74. The monoisotopic (exact) mass is 296 g/mol. The predicted octanol–water partition coefficient (Wildman–Crippen LogP) is 2.64. The number of benzene rings is 1. The van der Waals surface area contributed by atoms with Crippen LogP contribution in [0.15, 0.2) is 23.1 Å². The van der Waals surface area contributed by atoms with E-state index in [-0.39, 0.29) is 6.04 Å². The zero-order valence-corrected chi connectivity index (χ0v) is 13.3. The van der Waals surface area contributed by atoms with Crippen molar-refractivity contribution >= 4 is 15.7 Å². The maximum Gasteiger partial charge on any atom is 0.243 e. The van der Waals surface area contributed by atoms with Crippen molar-refractivity contribution < 1.29 is 8.42 Å². The fourth-order valence-electron chi connectivity index (χ4n) is 2.96.